The van der Waals surface area contributed by atoms with Gasteiger partial charge in [-0.2, -0.15) is 0 Å². The van der Waals surface area contributed by atoms with Crippen LogP contribution in [0.25, 0.3) is 10.9 Å². The number of benzene rings is 2. The molecule has 8 heteroatoms. The van der Waals surface area contributed by atoms with Gasteiger partial charge in [-0.05, 0) is 74.2 Å². The van der Waals surface area contributed by atoms with E-state index in [-0.39, 0.29) is 18.7 Å². The van der Waals surface area contributed by atoms with E-state index >= 15 is 0 Å². The molecule has 2 aromatic carbocycles. The molecule has 1 aliphatic rings. The van der Waals surface area contributed by atoms with Crippen LogP contribution in [-0.4, -0.2) is 60.5 Å². The van der Waals surface area contributed by atoms with E-state index in [1.165, 1.54) is 5.56 Å². The molecule has 1 amide bonds. The first-order valence-electron chi connectivity index (χ1n) is 11.9. The van der Waals surface area contributed by atoms with Crippen molar-refractivity contribution in [2.75, 3.05) is 39.5 Å². The summed E-state index contributed by atoms with van der Waals surface area (Å²) in [4.78, 5) is 18.1. The number of aromatic nitrogens is 1. The van der Waals surface area contributed by atoms with E-state index in [0.717, 1.165) is 53.7 Å². The van der Waals surface area contributed by atoms with Gasteiger partial charge >= 0.3 is 6.09 Å². The predicted octanol–water partition coefficient (Wildman–Crippen LogP) is 4.67. The van der Waals surface area contributed by atoms with Crippen LogP contribution in [0.3, 0.4) is 0 Å². The fourth-order valence-corrected chi connectivity index (χ4v) is 4.67. The Bertz CT molecular complexity index is 1100. The zero-order valence-electron chi connectivity index (χ0n) is 19.5. The van der Waals surface area contributed by atoms with Crippen molar-refractivity contribution in [2.45, 2.75) is 32.2 Å². The molecule has 0 saturated carbocycles. The summed E-state index contributed by atoms with van der Waals surface area (Å²) in [6.07, 6.45) is 2.34. The van der Waals surface area contributed by atoms with Crippen molar-refractivity contribution in [1.82, 2.24) is 15.2 Å². The number of rotatable bonds is 10. The highest BCUT2D eigenvalue weighted by Gasteiger charge is 2.35. The summed E-state index contributed by atoms with van der Waals surface area (Å²) in [6.45, 7) is 5.00. The molecule has 1 aromatic heterocycles. The number of H-pyrrole nitrogens is 1. The van der Waals surface area contributed by atoms with Gasteiger partial charge in [-0.25, -0.2) is 4.79 Å². The maximum absolute atomic E-state index is 12.8. The summed E-state index contributed by atoms with van der Waals surface area (Å²) in [5.74, 6) is 0.800. The number of amides is 1. The summed E-state index contributed by atoms with van der Waals surface area (Å²) in [5, 5.41) is 13.7. The Balaban J connectivity index is 1.53. The second kappa shape index (κ2) is 11.6. The van der Waals surface area contributed by atoms with Crippen molar-refractivity contribution < 1.29 is 19.4 Å². The fraction of sp³-hybridized carbons (Fsp3) is 0.423. The lowest BCUT2D eigenvalue weighted by molar-refractivity contribution is 0.0932. The Morgan fingerprint density at radius 3 is 2.79 bits per heavy atom. The molecule has 34 heavy (non-hydrogen) atoms. The maximum atomic E-state index is 12.8. The van der Waals surface area contributed by atoms with Gasteiger partial charge < -0.3 is 24.9 Å². The van der Waals surface area contributed by atoms with Gasteiger partial charge in [-0.15, -0.1) is 0 Å². The van der Waals surface area contributed by atoms with E-state index in [4.69, 9.17) is 26.2 Å². The third kappa shape index (κ3) is 5.49. The number of carbonyl (C=O) groups is 1. The Labute approximate surface area is 205 Å². The Kier molecular flexibility index (Phi) is 8.32. The monoisotopic (exact) mass is 485 g/mol. The molecule has 3 aromatic rings. The number of unbranched alkanes of at least 4 members (excludes halogenated alkanes) is 1. The summed E-state index contributed by atoms with van der Waals surface area (Å²) in [7, 11) is 0. The van der Waals surface area contributed by atoms with Crippen LogP contribution < -0.4 is 10.1 Å². The molecular formula is C26H32ClN3O4. The average molecular weight is 486 g/mol. The van der Waals surface area contributed by atoms with Crippen LogP contribution in [0.4, 0.5) is 4.79 Å². The van der Waals surface area contributed by atoms with Crippen molar-refractivity contribution >= 4 is 28.6 Å². The number of aliphatic hydroxyl groups is 1. The maximum Gasteiger partial charge on any atom is 0.410 e. The van der Waals surface area contributed by atoms with Gasteiger partial charge in [0.15, 0.2) is 0 Å². The Morgan fingerprint density at radius 2 is 2.03 bits per heavy atom. The minimum absolute atomic E-state index is 0.158. The summed E-state index contributed by atoms with van der Waals surface area (Å²) >= 11 is 6.27. The fourth-order valence-electron chi connectivity index (χ4n) is 4.50. The molecule has 182 valence electrons. The van der Waals surface area contributed by atoms with E-state index < -0.39 is 0 Å². The second-order valence-corrected chi connectivity index (χ2v) is 8.79. The zero-order valence-corrected chi connectivity index (χ0v) is 20.2. The SMILES string of the molecule is CCOC(=O)N1CCc2c([nH]c3ccc(Cl)cc23)C1c1ccc(OCCCCNCCO)cc1. The molecule has 1 aliphatic heterocycles. The molecule has 0 bridgehead atoms. The van der Waals surface area contributed by atoms with Crippen LogP contribution in [0, 0.1) is 0 Å². The van der Waals surface area contributed by atoms with Gasteiger partial charge in [0.1, 0.15) is 11.8 Å². The number of fused-ring (bicyclic) bond motifs is 3. The first-order valence-corrected chi connectivity index (χ1v) is 12.3. The molecule has 0 fully saturated rings. The highest BCUT2D eigenvalue weighted by Crippen LogP contribution is 2.39. The highest BCUT2D eigenvalue weighted by atomic mass is 35.5. The molecule has 3 N–H and O–H groups in total. The smallest absolute Gasteiger partial charge is 0.410 e. The van der Waals surface area contributed by atoms with Gasteiger partial charge in [-0.3, -0.25) is 4.90 Å². The van der Waals surface area contributed by atoms with E-state index in [9.17, 15) is 4.79 Å². The molecular weight excluding hydrogens is 454 g/mol. The number of hydrogen-bond acceptors (Lipinski definition) is 5. The van der Waals surface area contributed by atoms with Gasteiger partial charge in [-0.1, -0.05) is 23.7 Å². The van der Waals surface area contributed by atoms with Crippen LogP contribution >= 0.6 is 11.6 Å². The van der Waals surface area contributed by atoms with Crippen molar-refractivity contribution in [3.8, 4) is 5.75 Å². The van der Waals surface area contributed by atoms with Crippen molar-refractivity contribution in [2.24, 2.45) is 0 Å². The number of aliphatic hydroxyl groups excluding tert-OH is 1. The lowest BCUT2D eigenvalue weighted by Crippen LogP contribution is -2.40. The molecule has 1 atom stereocenters. The number of aromatic amines is 1. The average Bonchev–Trinajstić information content (AvgIpc) is 3.21. The Morgan fingerprint density at radius 1 is 1.21 bits per heavy atom. The van der Waals surface area contributed by atoms with Crippen LogP contribution in [0.15, 0.2) is 42.5 Å². The lowest BCUT2D eigenvalue weighted by Gasteiger charge is -2.35. The van der Waals surface area contributed by atoms with Crippen LogP contribution in [0.2, 0.25) is 5.02 Å². The largest absolute Gasteiger partial charge is 0.494 e. The first-order chi connectivity index (χ1) is 16.6. The van der Waals surface area contributed by atoms with Gasteiger partial charge in [0.25, 0.3) is 0 Å². The number of ether oxygens (including phenoxy) is 2. The Hall–Kier alpha value is -2.74. The molecule has 0 aliphatic carbocycles. The number of hydrogen-bond donors (Lipinski definition) is 3. The topological polar surface area (TPSA) is 86.8 Å². The quantitative estimate of drug-likeness (QED) is 0.363. The number of carbonyl (C=O) groups excluding carboxylic acids is 1. The van der Waals surface area contributed by atoms with E-state index in [1.807, 2.05) is 49.4 Å². The summed E-state index contributed by atoms with van der Waals surface area (Å²) in [6, 6.07) is 13.5. The standard InChI is InChI=1S/C26H32ClN3O4/c1-2-33-26(32)30-14-11-21-22-17-19(27)7-10-23(22)29-24(21)25(30)18-5-8-20(9-6-18)34-16-4-3-12-28-13-15-31/h5-10,17,25,28-29,31H,2-4,11-16H2,1H3. The summed E-state index contributed by atoms with van der Waals surface area (Å²) < 4.78 is 11.3. The zero-order chi connectivity index (χ0) is 23.9. The van der Waals surface area contributed by atoms with Gasteiger partial charge in [0.05, 0.1) is 19.8 Å². The molecule has 4 rings (SSSR count). The van der Waals surface area contributed by atoms with E-state index in [0.29, 0.717) is 31.3 Å². The minimum Gasteiger partial charge on any atom is -0.494 e. The van der Waals surface area contributed by atoms with Crippen LogP contribution in [0.1, 0.15) is 42.6 Å². The van der Waals surface area contributed by atoms with Crippen molar-refractivity contribution in [1.29, 1.82) is 0 Å². The minimum atomic E-state index is -0.315. The van der Waals surface area contributed by atoms with Crippen LogP contribution in [0.5, 0.6) is 5.75 Å². The van der Waals surface area contributed by atoms with Gasteiger partial charge in [0.2, 0.25) is 0 Å². The molecule has 7 nitrogen and oxygen atoms in total. The number of halogens is 1. The van der Waals surface area contributed by atoms with Crippen molar-refractivity contribution in [3.63, 3.8) is 0 Å². The number of nitrogens with one attached hydrogen (secondary N) is 2. The van der Waals surface area contributed by atoms with Crippen LogP contribution in [-0.2, 0) is 11.2 Å². The normalized spacial score (nSPS) is 15.4. The van der Waals surface area contributed by atoms with E-state index in [2.05, 4.69) is 10.3 Å². The molecule has 0 spiro atoms. The molecule has 1 unspecified atom stereocenters. The molecule has 0 radical (unpaired) electrons. The van der Waals surface area contributed by atoms with E-state index in [1.54, 1.807) is 4.90 Å². The molecule has 0 saturated heterocycles. The van der Waals surface area contributed by atoms with Crippen molar-refractivity contribution in [3.05, 3.63) is 64.3 Å². The third-order valence-corrected chi connectivity index (χ3v) is 6.33. The highest BCUT2D eigenvalue weighted by molar-refractivity contribution is 6.31. The second-order valence-electron chi connectivity index (χ2n) is 8.35. The third-order valence-electron chi connectivity index (χ3n) is 6.09. The lowest BCUT2D eigenvalue weighted by atomic mass is 9.92. The summed E-state index contributed by atoms with van der Waals surface area (Å²) in [5.41, 5.74) is 4.20. The molecule has 2 heterocycles. The van der Waals surface area contributed by atoms with Gasteiger partial charge in [0, 0.05) is 34.7 Å². The predicted molar refractivity (Wildman–Crippen MR) is 134 cm³/mol. The first kappa shape index (κ1) is 24.4. The number of nitrogens with zero attached hydrogens (tertiary/aromatic N) is 1.